The van der Waals surface area contributed by atoms with Crippen LogP contribution in [0.1, 0.15) is 53.0 Å². The number of amides is 2. The molecular weight excluding hydrogens is 469 g/mol. The Morgan fingerprint density at radius 3 is 1.97 bits per heavy atom. The number of fused-ring (bicyclic) bond motifs is 1. The van der Waals surface area contributed by atoms with E-state index in [9.17, 15) is 22.8 Å². The quantitative estimate of drug-likeness (QED) is 0.366. The normalized spacial score (nSPS) is 16.6. The highest BCUT2D eigenvalue weighted by molar-refractivity contribution is 6.21. The van der Waals surface area contributed by atoms with Crippen molar-refractivity contribution in [3.05, 3.63) is 59.2 Å². The summed E-state index contributed by atoms with van der Waals surface area (Å²) < 4.78 is 41.4. The molecule has 194 valence electrons. The molecule has 1 saturated heterocycles. The molecule has 2 aromatic carbocycles. The van der Waals surface area contributed by atoms with Gasteiger partial charge in [0.1, 0.15) is 0 Å². The standard InChI is InChI=1S/C27H33F3N4O2/c1-3-32(4-2)24-12-11-20(19-23(24)27(28,29)30)33-17-15-31(16-18-33)13-7-8-14-34-25(35)21-9-5-6-10-22(21)26(34)36/h5-6,9-12,19H,3-4,7-8,13-18H2,1-2H3. The maximum absolute atomic E-state index is 13.8. The molecule has 0 aromatic heterocycles. The first kappa shape index (κ1) is 26.0. The summed E-state index contributed by atoms with van der Waals surface area (Å²) in [6.07, 6.45) is -2.85. The lowest BCUT2D eigenvalue weighted by molar-refractivity contribution is -0.137. The van der Waals surface area contributed by atoms with Gasteiger partial charge in [-0.3, -0.25) is 19.4 Å². The third-order valence-corrected chi connectivity index (χ3v) is 7.11. The number of hydrogen-bond acceptors (Lipinski definition) is 5. The van der Waals surface area contributed by atoms with E-state index in [2.05, 4.69) is 4.90 Å². The maximum Gasteiger partial charge on any atom is 0.418 e. The van der Waals surface area contributed by atoms with Crippen LogP contribution >= 0.6 is 0 Å². The summed E-state index contributed by atoms with van der Waals surface area (Å²) in [7, 11) is 0. The van der Waals surface area contributed by atoms with Crippen LogP contribution in [-0.2, 0) is 6.18 Å². The van der Waals surface area contributed by atoms with E-state index in [1.54, 1.807) is 41.3 Å². The van der Waals surface area contributed by atoms with Crippen molar-refractivity contribution in [2.24, 2.45) is 0 Å². The van der Waals surface area contributed by atoms with Gasteiger partial charge in [-0.05, 0) is 63.6 Å². The second kappa shape index (κ2) is 10.9. The van der Waals surface area contributed by atoms with Crippen LogP contribution in [0, 0.1) is 0 Å². The van der Waals surface area contributed by atoms with Gasteiger partial charge in [0, 0.05) is 57.2 Å². The lowest BCUT2D eigenvalue weighted by Gasteiger charge is -2.37. The van der Waals surface area contributed by atoms with Crippen LogP contribution in [0.25, 0.3) is 0 Å². The van der Waals surface area contributed by atoms with Crippen LogP contribution in [0.5, 0.6) is 0 Å². The van der Waals surface area contributed by atoms with Gasteiger partial charge in [-0.25, -0.2) is 0 Å². The van der Waals surface area contributed by atoms with Crippen LogP contribution in [0.3, 0.4) is 0 Å². The summed E-state index contributed by atoms with van der Waals surface area (Å²) >= 11 is 0. The predicted octanol–water partition coefficient (Wildman–Crippen LogP) is 4.75. The van der Waals surface area contributed by atoms with E-state index < -0.39 is 11.7 Å². The Bertz CT molecular complexity index is 1060. The molecule has 0 atom stereocenters. The van der Waals surface area contributed by atoms with Crippen molar-refractivity contribution in [1.82, 2.24) is 9.80 Å². The summed E-state index contributed by atoms with van der Waals surface area (Å²) in [4.78, 5) is 32.3. The third kappa shape index (κ3) is 5.36. The number of benzene rings is 2. The Kier molecular flexibility index (Phi) is 7.88. The minimum Gasteiger partial charge on any atom is -0.372 e. The highest BCUT2D eigenvalue weighted by Crippen LogP contribution is 2.39. The second-order valence-electron chi connectivity index (χ2n) is 9.21. The lowest BCUT2D eigenvalue weighted by atomic mass is 10.1. The second-order valence-corrected chi connectivity index (χ2v) is 9.21. The fourth-order valence-corrected chi connectivity index (χ4v) is 5.07. The van der Waals surface area contributed by atoms with Crippen LogP contribution in [0.15, 0.2) is 42.5 Å². The molecule has 2 aromatic rings. The van der Waals surface area contributed by atoms with Gasteiger partial charge < -0.3 is 9.80 Å². The fraction of sp³-hybridized carbons (Fsp3) is 0.481. The lowest BCUT2D eigenvalue weighted by Crippen LogP contribution is -2.46. The van der Waals surface area contributed by atoms with Crippen molar-refractivity contribution in [3.8, 4) is 0 Å². The van der Waals surface area contributed by atoms with E-state index in [4.69, 9.17) is 0 Å². The highest BCUT2D eigenvalue weighted by atomic mass is 19.4. The van der Waals surface area contributed by atoms with Crippen LogP contribution in [0.4, 0.5) is 24.5 Å². The van der Waals surface area contributed by atoms with Gasteiger partial charge in [-0.2, -0.15) is 13.2 Å². The summed E-state index contributed by atoms with van der Waals surface area (Å²) in [6, 6.07) is 11.6. The molecular formula is C27H33F3N4O2. The first-order valence-electron chi connectivity index (χ1n) is 12.6. The number of rotatable bonds is 9. The molecule has 0 radical (unpaired) electrons. The molecule has 1 fully saturated rings. The number of hydrogen-bond donors (Lipinski definition) is 0. The Morgan fingerprint density at radius 1 is 0.833 bits per heavy atom. The number of carbonyl (C=O) groups is 2. The average Bonchev–Trinajstić information content (AvgIpc) is 3.12. The Hall–Kier alpha value is -3.07. The van der Waals surface area contributed by atoms with Gasteiger partial charge >= 0.3 is 6.18 Å². The molecule has 0 saturated carbocycles. The molecule has 0 N–H and O–H groups in total. The predicted molar refractivity (Wildman–Crippen MR) is 135 cm³/mol. The molecule has 2 aliphatic heterocycles. The van der Waals surface area contributed by atoms with E-state index in [1.165, 1.54) is 11.0 Å². The van der Waals surface area contributed by atoms with E-state index >= 15 is 0 Å². The molecule has 2 amide bonds. The van der Waals surface area contributed by atoms with Crippen LogP contribution < -0.4 is 9.80 Å². The molecule has 2 aliphatic rings. The molecule has 9 heteroatoms. The number of anilines is 2. The SMILES string of the molecule is CCN(CC)c1ccc(N2CCN(CCCCN3C(=O)c4ccccc4C3=O)CC2)cc1C(F)(F)F. The molecule has 0 aliphatic carbocycles. The molecule has 0 unspecified atom stereocenters. The van der Waals surface area contributed by atoms with Crippen LogP contribution in [-0.4, -0.2) is 74.0 Å². The number of unbranched alkanes of at least 4 members (excludes halogenated alkanes) is 1. The minimum atomic E-state index is -4.41. The smallest absolute Gasteiger partial charge is 0.372 e. The topological polar surface area (TPSA) is 47.1 Å². The number of imide groups is 1. The average molecular weight is 503 g/mol. The molecule has 36 heavy (non-hydrogen) atoms. The van der Waals surface area contributed by atoms with Gasteiger partial charge in [0.15, 0.2) is 0 Å². The zero-order valence-electron chi connectivity index (χ0n) is 20.9. The van der Waals surface area contributed by atoms with Gasteiger partial charge in [0.25, 0.3) is 11.8 Å². The zero-order valence-corrected chi connectivity index (χ0v) is 20.9. The first-order valence-corrected chi connectivity index (χ1v) is 12.6. The van der Waals surface area contributed by atoms with Gasteiger partial charge in [-0.1, -0.05) is 12.1 Å². The van der Waals surface area contributed by atoms with Crippen molar-refractivity contribution in [1.29, 1.82) is 0 Å². The van der Waals surface area contributed by atoms with Gasteiger partial charge in [-0.15, -0.1) is 0 Å². The fourth-order valence-electron chi connectivity index (χ4n) is 5.07. The number of alkyl halides is 3. The molecule has 0 bridgehead atoms. The monoisotopic (exact) mass is 502 g/mol. The maximum atomic E-state index is 13.8. The van der Waals surface area contributed by atoms with E-state index in [1.807, 2.05) is 18.7 Å². The van der Waals surface area contributed by atoms with Crippen molar-refractivity contribution in [2.75, 3.05) is 62.2 Å². The van der Waals surface area contributed by atoms with E-state index in [-0.39, 0.29) is 17.5 Å². The molecule has 2 heterocycles. The summed E-state index contributed by atoms with van der Waals surface area (Å²) in [5, 5.41) is 0. The molecule has 6 nitrogen and oxygen atoms in total. The largest absolute Gasteiger partial charge is 0.418 e. The van der Waals surface area contributed by atoms with E-state index in [0.717, 1.165) is 26.1 Å². The highest BCUT2D eigenvalue weighted by Gasteiger charge is 2.36. The van der Waals surface area contributed by atoms with Crippen LogP contribution in [0.2, 0.25) is 0 Å². The summed E-state index contributed by atoms with van der Waals surface area (Å²) in [5.74, 6) is -0.455. The number of piperazine rings is 1. The van der Waals surface area contributed by atoms with Gasteiger partial charge in [0.2, 0.25) is 0 Å². The Morgan fingerprint density at radius 2 is 1.42 bits per heavy atom. The molecule has 4 rings (SSSR count). The number of nitrogens with zero attached hydrogens (tertiary/aromatic N) is 4. The zero-order chi connectivity index (χ0) is 25.9. The van der Waals surface area contributed by atoms with Crippen molar-refractivity contribution in [3.63, 3.8) is 0 Å². The van der Waals surface area contributed by atoms with Crippen molar-refractivity contribution in [2.45, 2.75) is 32.9 Å². The van der Waals surface area contributed by atoms with E-state index in [0.29, 0.717) is 56.0 Å². The Labute approximate surface area is 210 Å². The third-order valence-electron chi connectivity index (χ3n) is 7.11. The number of carbonyl (C=O) groups excluding carboxylic acids is 2. The Balaban J connectivity index is 1.27. The minimum absolute atomic E-state index is 0.227. The summed E-state index contributed by atoms with van der Waals surface area (Å²) in [5.41, 5.74) is 1.19. The molecule has 0 spiro atoms. The van der Waals surface area contributed by atoms with Crippen molar-refractivity contribution < 1.29 is 22.8 Å². The number of halogens is 3. The first-order chi connectivity index (χ1) is 17.2. The summed E-state index contributed by atoms with van der Waals surface area (Å²) in [6.45, 7) is 8.79. The van der Waals surface area contributed by atoms with Crippen molar-refractivity contribution >= 4 is 23.2 Å². The van der Waals surface area contributed by atoms with Gasteiger partial charge in [0.05, 0.1) is 16.7 Å².